The second-order valence-corrected chi connectivity index (χ2v) is 6.24. The van der Waals surface area contributed by atoms with Gasteiger partial charge in [-0.25, -0.2) is 9.38 Å². The lowest BCUT2D eigenvalue weighted by Gasteiger charge is -2.18. The summed E-state index contributed by atoms with van der Waals surface area (Å²) in [5.74, 6) is 1.19. The molecule has 5 nitrogen and oxygen atoms in total. The largest absolute Gasteiger partial charge is 0.489 e. The highest BCUT2D eigenvalue weighted by Gasteiger charge is 2.24. The van der Waals surface area contributed by atoms with Crippen molar-refractivity contribution in [1.29, 1.82) is 0 Å². The van der Waals surface area contributed by atoms with Gasteiger partial charge in [-0.3, -0.25) is 0 Å². The number of aliphatic hydroxyl groups is 1. The molecule has 0 amide bonds. The van der Waals surface area contributed by atoms with Gasteiger partial charge in [-0.05, 0) is 38.8 Å². The summed E-state index contributed by atoms with van der Waals surface area (Å²) in [6, 6.07) is 6.11. The van der Waals surface area contributed by atoms with E-state index in [1.54, 1.807) is 12.1 Å². The molecule has 0 aromatic heterocycles. The molecule has 7 heteroatoms. The maximum Gasteiger partial charge on any atom is 0.191 e. The van der Waals surface area contributed by atoms with Crippen LogP contribution in [0.3, 0.4) is 0 Å². The Morgan fingerprint density at radius 1 is 1.40 bits per heavy atom. The van der Waals surface area contributed by atoms with Gasteiger partial charge in [0.2, 0.25) is 0 Å². The second-order valence-electron chi connectivity index (χ2n) is 6.24. The van der Waals surface area contributed by atoms with Crippen LogP contribution in [0.25, 0.3) is 0 Å². The average Bonchev–Trinajstić information content (AvgIpc) is 2.95. The Hall–Kier alpha value is -1.09. The van der Waals surface area contributed by atoms with E-state index in [-0.39, 0.29) is 47.9 Å². The first-order valence-electron chi connectivity index (χ1n) is 8.71. The number of aliphatic imine (C=N–C) groups is 1. The van der Waals surface area contributed by atoms with Gasteiger partial charge in [0, 0.05) is 25.1 Å². The summed E-state index contributed by atoms with van der Waals surface area (Å²) in [5.41, 5.74) is 0. The van der Waals surface area contributed by atoms with E-state index < -0.39 is 0 Å². The quantitative estimate of drug-likeness (QED) is 0.329. The van der Waals surface area contributed by atoms with Crippen molar-refractivity contribution in [2.75, 3.05) is 19.6 Å². The highest BCUT2D eigenvalue weighted by Crippen LogP contribution is 2.24. The molecule has 0 aliphatic heterocycles. The molecule has 3 atom stereocenters. The van der Waals surface area contributed by atoms with Crippen LogP contribution in [-0.4, -0.2) is 42.9 Å². The summed E-state index contributed by atoms with van der Waals surface area (Å²) in [7, 11) is 0. The van der Waals surface area contributed by atoms with Crippen molar-refractivity contribution < 1.29 is 14.2 Å². The molecule has 142 valence electrons. The number of ether oxygens (including phenoxy) is 1. The van der Waals surface area contributed by atoms with Gasteiger partial charge in [-0.1, -0.05) is 12.5 Å². The fourth-order valence-corrected chi connectivity index (χ4v) is 2.85. The maximum absolute atomic E-state index is 13.2. The van der Waals surface area contributed by atoms with Crippen molar-refractivity contribution in [3.8, 4) is 5.75 Å². The Kier molecular flexibility index (Phi) is 10.1. The first-order valence-corrected chi connectivity index (χ1v) is 8.71. The molecule has 3 unspecified atom stereocenters. The molecule has 3 N–H and O–H groups in total. The standard InChI is InChI=1S/C18H28FN3O2.HI/c1-3-20-18(22-12-14-6-4-9-17(14)23)21-11-13(2)24-16-8-5-7-15(19)10-16;/h5,7-8,10,13-14,17,23H,3-4,6,9,11-12H2,1-2H3,(H2,20,21,22);1H. The van der Waals surface area contributed by atoms with Gasteiger partial charge in [0.05, 0.1) is 12.6 Å². The predicted octanol–water partition coefficient (Wildman–Crippen LogP) is 2.93. The van der Waals surface area contributed by atoms with Gasteiger partial charge in [-0.15, -0.1) is 24.0 Å². The summed E-state index contributed by atoms with van der Waals surface area (Å²) in [4.78, 5) is 4.51. The van der Waals surface area contributed by atoms with Gasteiger partial charge in [0.15, 0.2) is 5.96 Å². The van der Waals surface area contributed by atoms with Crippen molar-refractivity contribution in [1.82, 2.24) is 10.6 Å². The van der Waals surface area contributed by atoms with Crippen molar-refractivity contribution in [2.45, 2.75) is 45.3 Å². The molecule has 1 aromatic carbocycles. The highest BCUT2D eigenvalue weighted by molar-refractivity contribution is 14.0. The number of rotatable bonds is 7. The normalized spacial score (nSPS) is 21.4. The lowest BCUT2D eigenvalue weighted by molar-refractivity contribution is 0.134. The van der Waals surface area contributed by atoms with Gasteiger partial charge < -0.3 is 20.5 Å². The molecule has 1 fully saturated rings. The molecule has 0 bridgehead atoms. The maximum atomic E-state index is 13.2. The second kappa shape index (κ2) is 11.5. The SMILES string of the molecule is CCNC(=NCC(C)Oc1cccc(F)c1)NCC1CCCC1O.I. The molecule has 25 heavy (non-hydrogen) atoms. The molecule has 1 aromatic rings. The van der Waals surface area contributed by atoms with Crippen LogP contribution in [0, 0.1) is 11.7 Å². The van der Waals surface area contributed by atoms with Crippen LogP contribution in [0.5, 0.6) is 5.75 Å². The van der Waals surface area contributed by atoms with Gasteiger partial charge >= 0.3 is 0 Å². The van der Waals surface area contributed by atoms with Crippen LogP contribution in [-0.2, 0) is 0 Å². The van der Waals surface area contributed by atoms with Crippen LogP contribution in [0.15, 0.2) is 29.3 Å². The third-order valence-corrected chi connectivity index (χ3v) is 4.13. The average molecular weight is 465 g/mol. The third-order valence-electron chi connectivity index (χ3n) is 4.13. The van der Waals surface area contributed by atoms with E-state index in [9.17, 15) is 9.50 Å². The molecule has 1 saturated carbocycles. The minimum Gasteiger partial charge on any atom is -0.489 e. The zero-order valence-corrected chi connectivity index (χ0v) is 17.2. The van der Waals surface area contributed by atoms with Gasteiger partial charge in [0.1, 0.15) is 17.7 Å². The smallest absolute Gasteiger partial charge is 0.191 e. The summed E-state index contributed by atoms with van der Waals surface area (Å²) < 4.78 is 18.8. The van der Waals surface area contributed by atoms with Crippen LogP contribution in [0.2, 0.25) is 0 Å². The Labute approximate surface area is 166 Å². The molecular formula is C18H29FIN3O2. The van der Waals surface area contributed by atoms with Gasteiger partial charge in [0.25, 0.3) is 0 Å². The topological polar surface area (TPSA) is 65.9 Å². The fourth-order valence-electron chi connectivity index (χ4n) is 2.85. The lowest BCUT2D eigenvalue weighted by atomic mass is 10.1. The molecule has 0 saturated heterocycles. The summed E-state index contributed by atoms with van der Waals surface area (Å²) >= 11 is 0. The van der Waals surface area contributed by atoms with E-state index in [0.29, 0.717) is 24.8 Å². The van der Waals surface area contributed by atoms with Crippen molar-refractivity contribution in [3.05, 3.63) is 30.1 Å². The molecule has 0 radical (unpaired) electrons. The first-order chi connectivity index (χ1) is 11.6. The number of hydrogen-bond donors (Lipinski definition) is 3. The third kappa shape index (κ3) is 7.77. The van der Waals surface area contributed by atoms with Gasteiger partial charge in [-0.2, -0.15) is 0 Å². The Morgan fingerprint density at radius 3 is 2.84 bits per heavy atom. The molecule has 0 spiro atoms. The van der Waals surface area contributed by atoms with E-state index in [0.717, 1.165) is 25.8 Å². The number of aliphatic hydroxyl groups excluding tert-OH is 1. The lowest BCUT2D eigenvalue weighted by Crippen LogP contribution is -2.41. The van der Waals surface area contributed by atoms with Crippen molar-refractivity contribution in [3.63, 3.8) is 0 Å². The zero-order chi connectivity index (χ0) is 17.4. The van der Waals surface area contributed by atoms with E-state index in [1.165, 1.54) is 12.1 Å². The number of guanidine groups is 1. The molecule has 1 aliphatic rings. The highest BCUT2D eigenvalue weighted by atomic mass is 127. The van der Waals surface area contributed by atoms with E-state index >= 15 is 0 Å². The Bertz CT molecular complexity index is 545. The number of halogens is 2. The number of nitrogens with zero attached hydrogens (tertiary/aromatic N) is 1. The Morgan fingerprint density at radius 2 is 2.20 bits per heavy atom. The van der Waals surface area contributed by atoms with Crippen molar-refractivity contribution in [2.24, 2.45) is 10.9 Å². The summed E-state index contributed by atoms with van der Waals surface area (Å²) in [6.07, 6.45) is 2.64. The van der Waals surface area contributed by atoms with Crippen molar-refractivity contribution >= 4 is 29.9 Å². The number of hydrogen-bond acceptors (Lipinski definition) is 3. The molecule has 1 aliphatic carbocycles. The number of nitrogens with one attached hydrogen (secondary N) is 2. The predicted molar refractivity (Wildman–Crippen MR) is 109 cm³/mol. The van der Waals surface area contributed by atoms with E-state index in [2.05, 4.69) is 15.6 Å². The Balaban J connectivity index is 0.00000312. The molecular weight excluding hydrogens is 436 g/mol. The van der Waals surface area contributed by atoms with Crippen LogP contribution in [0.4, 0.5) is 4.39 Å². The molecule has 0 heterocycles. The summed E-state index contributed by atoms with van der Waals surface area (Å²) in [5, 5.41) is 16.4. The molecule has 2 rings (SSSR count). The van der Waals surface area contributed by atoms with Crippen LogP contribution >= 0.6 is 24.0 Å². The monoisotopic (exact) mass is 465 g/mol. The zero-order valence-electron chi connectivity index (χ0n) is 14.9. The first kappa shape index (κ1) is 22.0. The van der Waals surface area contributed by atoms with E-state index in [4.69, 9.17) is 4.74 Å². The number of benzene rings is 1. The van der Waals surface area contributed by atoms with Crippen LogP contribution in [0.1, 0.15) is 33.1 Å². The summed E-state index contributed by atoms with van der Waals surface area (Å²) in [6.45, 7) is 5.84. The minimum atomic E-state index is -0.312. The van der Waals surface area contributed by atoms with Crippen LogP contribution < -0.4 is 15.4 Å². The minimum absolute atomic E-state index is 0. The fraction of sp³-hybridized carbons (Fsp3) is 0.611. The van der Waals surface area contributed by atoms with E-state index in [1.807, 2.05) is 13.8 Å².